The summed E-state index contributed by atoms with van der Waals surface area (Å²) in [4.78, 5) is 36.9. The Morgan fingerprint density at radius 2 is 1.72 bits per heavy atom. The van der Waals surface area contributed by atoms with E-state index in [1.807, 2.05) is 6.92 Å². The van der Waals surface area contributed by atoms with Crippen molar-refractivity contribution in [1.82, 2.24) is 10.7 Å². The molecule has 2 aromatic rings. The number of hydrazone groups is 1. The molecule has 0 saturated carbocycles. The van der Waals surface area contributed by atoms with Crippen LogP contribution in [0.3, 0.4) is 0 Å². The Balaban J connectivity index is 2.05. The number of halogens is 2. The van der Waals surface area contributed by atoms with Gasteiger partial charge in [-0.2, -0.15) is 5.10 Å². The lowest BCUT2D eigenvalue weighted by atomic mass is 10.0. The highest BCUT2D eigenvalue weighted by molar-refractivity contribution is 6.42. The second-order valence-corrected chi connectivity index (χ2v) is 8.61. The summed E-state index contributed by atoms with van der Waals surface area (Å²) in [6, 6.07) is 8.59. The van der Waals surface area contributed by atoms with Crippen molar-refractivity contribution in [3.63, 3.8) is 0 Å². The summed E-state index contributed by atoms with van der Waals surface area (Å²) in [5, 5.41) is 7.25. The third kappa shape index (κ3) is 8.73. The molecule has 2 aromatic carbocycles. The summed E-state index contributed by atoms with van der Waals surface area (Å²) in [6.45, 7) is 7.51. The molecule has 36 heavy (non-hydrogen) atoms. The summed E-state index contributed by atoms with van der Waals surface area (Å²) >= 11 is 11.9. The van der Waals surface area contributed by atoms with Crippen molar-refractivity contribution in [2.24, 2.45) is 11.0 Å². The van der Waals surface area contributed by atoms with E-state index in [1.54, 1.807) is 39.0 Å². The van der Waals surface area contributed by atoms with Crippen molar-refractivity contribution in [3.05, 3.63) is 57.6 Å². The maximum atomic E-state index is 12.7. The molecule has 0 aliphatic heterocycles. The molecule has 0 radical (unpaired) electrons. The van der Waals surface area contributed by atoms with Crippen LogP contribution in [-0.4, -0.2) is 49.9 Å². The number of hydrogen-bond acceptors (Lipinski definition) is 7. The van der Waals surface area contributed by atoms with Crippen molar-refractivity contribution < 1.29 is 28.6 Å². The summed E-state index contributed by atoms with van der Waals surface area (Å²) in [5.41, 5.74) is 3.34. The van der Waals surface area contributed by atoms with E-state index in [2.05, 4.69) is 15.8 Å². The molecule has 2 amide bonds. The lowest BCUT2D eigenvalue weighted by molar-refractivity contribution is -0.145. The second-order valence-electron chi connectivity index (χ2n) is 7.79. The number of ether oxygens (including phenoxy) is 3. The molecular weight excluding hydrogens is 509 g/mol. The number of amides is 2. The van der Waals surface area contributed by atoms with Gasteiger partial charge in [-0.15, -0.1) is 0 Å². The minimum Gasteiger partial charge on any atom is -0.490 e. The quantitative estimate of drug-likeness (QED) is 0.237. The van der Waals surface area contributed by atoms with Gasteiger partial charge >= 0.3 is 5.97 Å². The van der Waals surface area contributed by atoms with Crippen LogP contribution in [0.5, 0.6) is 11.5 Å². The van der Waals surface area contributed by atoms with Crippen LogP contribution in [0.2, 0.25) is 10.0 Å². The summed E-state index contributed by atoms with van der Waals surface area (Å²) in [6.07, 6.45) is 1.42. The van der Waals surface area contributed by atoms with Crippen LogP contribution < -0.4 is 20.2 Å². The molecule has 0 bridgehead atoms. The van der Waals surface area contributed by atoms with Crippen LogP contribution in [0.4, 0.5) is 0 Å². The molecule has 0 heterocycles. The third-order valence-corrected chi connectivity index (χ3v) is 5.46. The van der Waals surface area contributed by atoms with Gasteiger partial charge in [-0.3, -0.25) is 9.59 Å². The van der Waals surface area contributed by atoms with E-state index in [4.69, 9.17) is 37.4 Å². The Morgan fingerprint density at radius 3 is 2.36 bits per heavy atom. The fraction of sp³-hybridized carbons (Fsp3) is 0.360. The van der Waals surface area contributed by atoms with E-state index in [9.17, 15) is 14.4 Å². The van der Waals surface area contributed by atoms with E-state index in [-0.39, 0.29) is 29.7 Å². The number of hydrogen-bond donors (Lipinski definition) is 2. The summed E-state index contributed by atoms with van der Waals surface area (Å²) in [7, 11) is 0. The Bertz CT molecular complexity index is 1110. The standard InChI is InChI=1S/C25H29Cl2N3O6/c1-5-34-21-11-16(7-10-20(21)36-14-22(31)35-6-2)13-28-30-25(33)23(15(3)4)29-24(32)17-8-9-18(26)19(27)12-17/h7-13,15,23H,5-6,14H2,1-4H3,(H,29,32)(H,30,33). The first kappa shape index (κ1) is 28.9. The smallest absolute Gasteiger partial charge is 0.344 e. The van der Waals surface area contributed by atoms with Crippen molar-refractivity contribution >= 4 is 47.2 Å². The Morgan fingerprint density at radius 1 is 0.972 bits per heavy atom. The van der Waals surface area contributed by atoms with Gasteiger partial charge in [0, 0.05) is 5.56 Å². The molecule has 0 aliphatic carbocycles. The zero-order chi connectivity index (χ0) is 26.7. The third-order valence-electron chi connectivity index (χ3n) is 4.72. The molecular formula is C25H29Cl2N3O6. The normalized spacial score (nSPS) is 11.8. The lowest BCUT2D eigenvalue weighted by Gasteiger charge is -2.20. The Hall–Kier alpha value is -3.30. The fourth-order valence-electron chi connectivity index (χ4n) is 2.97. The molecule has 9 nitrogen and oxygen atoms in total. The monoisotopic (exact) mass is 537 g/mol. The van der Waals surface area contributed by atoms with Crippen LogP contribution in [0.25, 0.3) is 0 Å². The number of rotatable bonds is 12. The first-order valence-electron chi connectivity index (χ1n) is 11.3. The molecule has 2 N–H and O–H groups in total. The van der Waals surface area contributed by atoms with Gasteiger partial charge in [0.2, 0.25) is 0 Å². The number of carbonyl (C=O) groups excluding carboxylic acids is 3. The van der Waals surface area contributed by atoms with Crippen LogP contribution in [-0.2, 0) is 14.3 Å². The van der Waals surface area contributed by atoms with Gasteiger partial charge in [-0.05, 0) is 61.7 Å². The zero-order valence-corrected chi connectivity index (χ0v) is 22.0. The number of benzene rings is 2. The SMILES string of the molecule is CCOC(=O)COc1ccc(C=NNC(=O)C(NC(=O)c2ccc(Cl)c(Cl)c2)C(C)C)cc1OCC. The van der Waals surface area contributed by atoms with Crippen molar-refractivity contribution in [3.8, 4) is 11.5 Å². The first-order chi connectivity index (χ1) is 17.2. The van der Waals surface area contributed by atoms with Gasteiger partial charge in [0.25, 0.3) is 11.8 Å². The van der Waals surface area contributed by atoms with E-state index in [0.29, 0.717) is 28.7 Å². The van der Waals surface area contributed by atoms with Gasteiger partial charge in [0.1, 0.15) is 6.04 Å². The minimum atomic E-state index is -0.846. The van der Waals surface area contributed by atoms with E-state index >= 15 is 0 Å². The van der Waals surface area contributed by atoms with Crippen LogP contribution in [0.15, 0.2) is 41.5 Å². The minimum absolute atomic E-state index is 0.215. The lowest BCUT2D eigenvalue weighted by Crippen LogP contribution is -2.48. The largest absolute Gasteiger partial charge is 0.490 e. The molecule has 194 valence electrons. The summed E-state index contributed by atoms with van der Waals surface area (Å²) < 4.78 is 15.9. The van der Waals surface area contributed by atoms with Crippen LogP contribution >= 0.6 is 23.2 Å². The number of carbonyl (C=O) groups is 3. The highest BCUT2D eigenvalue weighted by Gasteiger charge is 2.24. The number of nitrogens with zero attached hydrogens (tertiary/aromatic N) is 1. The van der Waals surface area contributed by atoms with Gasteiger partial charge in [0.05, 0.1) is 29.5 Å². The topological polar surface area (TPSA) is 115 Å². The molecule has 1 atom stereocenters. The van der Waals surface area contributed by atoms with E-state index < -0.39 is 23.8 Å². The van der Waals surface area contributed by atoms with Gasteiger partial charge in [-0.1, -0.05) is 37.0 Å². The first-order valence-corrected chi connectivity index (χ1v) is 12.1. The molecule has 0 saturated heterocycles. The predicted octanol–water partition coefficient (Wildman–Crippen LogP) is 4.24. The maximum absolute atomic E-state index is 12.7. The van der Waals surface area contributed by atoms with E-state index in [0.717, 1.165) is 0 Å². The van der Waals surface area contributed by atoms with Crippen LogP contribution in [0, 0.1) is 5.92 Å². The highest BCUT2D eigenvalue weighted by atomic mass is 35.5. The second kappa shape index (κ2) is 14.3. The van der Waals surface area contributed by atoms with Crippen molar-refractivity contribution in [2.45, 2.75) is 33.7 Å². The Kier molecular flexibility index (Phi) is 11.5. The Labute approximate surface area is 220 Å². The average Bonchev–Trinajstić information content (AvgIpc) is 2.83. The highest BCUT2D eigenvalue weighted by Crippen LogP contribution is 2.28. The molecule has 0 aliphatic rings. The molecule has 0 fully saturated rings. The van der Waals surface area contributed by atoms with Crippen LogP contribution in [0.1, 0.15) is 43.6 Å². The van der Waals surface area contributed by atoms with Crippen molar-refractivity contribution in [2.75, 3.05) is 19.8 Å². The van der Waals surface area contributed by atoms with Gasteiger partial charge < -0.3 is 19.5 Å². The average molecular weight is 538 g/mol. The summed E-state index contributed by atoms with van der Waals surface area (Å²) in [5.74, 6) is -0.881. The number of esters is 1. The van der Waals surface area contributed by atoms with Crippen molar-refractivity contribution in [1.29, 1.82) is 0 Å². The molecule has 0 spiro atoms. The fourth-order valence-corrected chi connectivity index (χ4v) is 3.27. The predicted molar refractivity (Wildman–Crippen MR) is 138 cm³/mol. The van der Waals surface area contributed by atoms with E-state index in [1.165, 1.54) is 24.4 Å². The molecule has 2 rings (SSSR count). The number of nitrogens with one attached hydrogen (secondary N) is 2. The molecule has 0 aromatic heterocycles. The van der Waals surface area contributed by atoms with Gasteiger partial charge in [0.15, 0.2) is 18.1 Å². The van der Waals surface area contributed by atoms with Gasteiger partial charge in [-0.25, -0.2) is 10.2 Å². The zero-order valence-electron chi connectivity index (χ0n) is 20.5. The molecule has 1 unspecified atom stereocenters. The maximum Gasteiger partial charge on any atom is 0.344 e. The molecule has 11 heteroatoms.